The predicted octanol–water partition coefficient (Wildman–Crippen LogP) is 2.32. The topological polar surface area (TPSA) is 67.9 Å². The maximum atomic E-state index is 12.4. The van der Waals surface area contributed by atoms with Crippen molar-refractivity contribution in [3.63, 3.8) is 0 Å². The zero-order chi connectivity index (χ0) is 16.6. The standard InChI is InChI=1S/C17H25N3O2S/c1-17(2)15(23(21)19-16(18)22-17)14-6-4-12(5-7-14)13-8-10-20(3)11-9-13/h4-7,13,15H,8-11H2,1-3H3,(H2,18,19). The number of nitrogens with two attached hydrogens (primary N) is 1. The van der Waals surface area contributed by atoms with E-state index in [2.05, 4.69) is 40.6 Å². The van der Waals surface area contributed by atoms with Crippen LogP contribution < -0.4 is 5.73 Å². The number of rotatable bonds is 2. The van der Waals surface area contributed by atoms with E-state index >= 15 is 0 Å². The molecule has 2 N–H and O–H groups in total. The third-order valence-corrected chi connectivity index (χ3v) is 6.41. The van der Waals surface area contributed by atoms with Gasteiger partial charge in [0, 0.05) is 0 Å². The first-order chi connectivity index (χ1) is 10.9. The van der Waals surface area contributed by atoms with Crippen molar-refractivity contribution >= 4 is 17.0 Å². The average Bonchev–Trinajstić information content (AvgIpc) is 2.47. The van der Waals surface area contributed by atoms with Gasteiger partial charge in [-0.3, -0.25) is 0 Å². The summed E-state index contributed by atoms with van der Waals surface area (Å²) >= 11 is 0. The van der Waals surface area contributed by atoms with Crippen LogP contribution in [-0.4, -0.2) is 40.9 Å². The summed E-state index contributed by atoms with van der Waals surface area (Å²) in [5.41, 5.74) is 7.32. The molecule has 0 bridgehead atoms. The van der Waals surface area contributed by atoms with Crippen molar-refractivity contribution in [2.24, 2.45) is 10.1 Å². The van der Waals surface area contributed by atoms with Crippen LogP contribution in [0, 0.1) is 0 Å². The van der Waals surface area contributed by atoms with Gasteiger partial charge in [0.15, 0.2) is 11.0 Å². The van der Waals surface area contributed by atoms with E-state index in [9.17, 15) is 4.21 Å². The van der Waals surface area contributed by atoms with Crippen LogP contribution in [-0.2, 0) is 15.7 Å². The van der Waals surface area contributed by atoms with Gasteiger partial charge in [-0.2, -0.15) is 0 Å². The molecule has 2 aliphatic rings. The first-order valence-corrected chi connectivity index (χ1v) is 9.26. The molecule has 2 atom stereocenters. The first-order valence-electron chi connectivity index (χ1n) is 8.09. The van der Waals surface area contributed by atoms with Crippen molar-refractivity contribution in [3.05, 3.63) is 35.4 Å². The molecule has 1 saturated heterocycles. The highest BCUT2D eigenvalue weighted by Gasteiger charge is 2.41. The fourth-order valence-corrected chi connectivity index (χ4v) is 4.77. The van der Waals surface area contributed by atoms with Gasteiger partial charge in [-0.1, -0.05) is 24.3 Å². The molecule has 0 saturated carbocycles. The van der Waals surface area contributed by atoms with Crippen LogP contribution in [0.15, 0.2) is 28.7 Å². The molecule has 0 aliphatic carbocycles. The zero-order valence-electron chi connectivity index (χ0n) is 14.0. The average molecular weight is 335 g/mol. The quantitative estimate of drug-likeness (QED) is 0.901. The van der Waals surface area contributed by atoms with Gasteiger partial charge in [-0.05, 0) is 63.9 Å². The summed E-state index contributed by atoms with van der Waals surface area (Å²) in [6.45, 7) is 6.10. The van der Waals surface area contributed by atoms with Gasteiger partial charge in [0.05, 0.1) is 0 Å². The molecule has 23 heavy (non-hydrogen) atoms. The van der Waals surface area contributed by atoms with Crippen molar-refractivity contribution in [2.75, 3.05) is 20.1 Å². The van der Waals surface area contributed by atoms with Crippen LogP contribution >= 0.6 is 0 Å². The Kier molecular flexibility index (Phi) is 4.47. The summed E-state index contributed by atoms with van der Waals surface area (Å²) in [4.78, 5) is 2.37. The number of nitrogens with zero attached hydrogens (tertiary/aromatic N) is 2. The lowest BCUT2D eigenvalue weighted by Crippen LogP contribution is -2.43. The molecule has 6 heteroatoms. The first kappa shape index (κ1) is 16.5. The molecule has 0 amide bonds. The second kappa shape index (κ2) is 6.24. The summed E-state index contributed by atoms with van der Waals surface area (Å²) in [6, 6.07) is 8.48. The molecule has 2 aliphatic heterocycles. The lowest BCUT2D eigenvalue weighted by molar-refractivity contribution is 0.0848. The number of benzene rings is 1. The summed E-state index contributed by atoms with van der Waals surface area (Å²) in [6.07, 6.45) is 2.39. The van der Waals surface area contributed by atoms with Gasteiger partial charge >= 0.3 is 0 Å². The normalized spacial score (nSPS) is 28.9. The second-order valence-corrected chi connectivity index (χ2v) is 8.24. The van der Waals surface area contributed by atoms with E-state index in [0.717, 1.165) is 18.7 Å². The Hall–Kier alpha value is -1.40. The lowest BCUT2D eigenvalue weighted by Gasteiger charge is -2.36. The molecule has 2 unspecified atom stereocenters. The van der Waals surface area contributed by atoms with Crippen LogP contribution in [0.4, 0.5) is 0 Å². The van der Waals surface area contributed by atoms with Gasteiger partial charge in [0.25, 0.3) is 6.02 Å². The van der Waals surface area contributed by atoms with Crippen LogP contribution in [0.3, 0.4) is 0 Å². The van der Waals surface area contributed by atoms with E-state index in [4.69, 9.17) is 10.5 Å². The largest absolute Gasteiger partial charge is 0.457 e. The SMILES string of the molecule is CN1CCC(c2ccc(C3S(=O)N=C(N)OC3(C)C)cc2)CC1. The third-order valence-electron chi connectivity index (χ3n) is 4.81. The number of hydrogen-bond donors (Lipinski definition) is 1. The molecular weight excluding hydrogens is 310 g/mol. The molecule has 0 spiro atoms. The Labute approximate surface area is 140 Å². The van der Waals surface area contributed by atoms with E-state index in [1.54, 1.807) is 0 Å². The van der Waals surface area contributed by atoms with Crippen LogP contribution in [0.5, 0.6) is 0 Å². The highest BCUT2D eigenvalue weighted by molar-refractivity contribution is 7.84. The molecule has 126 valence electrons. The lowest BCUT2D eigenvalue weighted by atomic mass is 9.88. The highest BCUT2D eigenvalue weighted by atomic mass is 32.2. The molecule has 1 aromatic rings. The number of piperidine rings is 1. The number of likely N-dealkylation sites (tertiary alicyclic amines) is 1. The second-order valence-electron chi connectivity index (χ2n) is 7.04. The van der Waals surface area contributed by atoms with Gasteiger partial charge in [-0.15, -0.1) is 4.40 Å². The third kappa shape index (κ3) is 3.43. The molecule has 1 aromatic carbocycles. The molecule has 5 nitrogen and oxygen atoms in total. The van der Waals surface area contributed by atoms with Gasteiger partial charge in [0.1, 0.15) is 10.9 Å². The number of ether oxygens (including phenoxy) is 1. The van der Waals surface area contributed by atoms with Crippen LogP contribution in [0.25, 0.3) is 0 Å². The van der Waals surface area contributed by atoms with Crippen molar-refractivity contribution in [1.82, 2.24) is 4.90 Å². The maximum absolute atomic E-state index is 12.4. The Morgan fingerprint density at radius 2 is 1.78 bits per heavy atom. The fourth-order valence-electron chi connectivity index (χ4n) is 3.53. The Balaban J connectivity index is 1.80. The fraction of sp³-hybridized carbons (Fsp3) is 0.588. The smallest absolute Gasteiger partial charge is 0.296 e. The summed E-state index contributed by atoms with van der Waals surface area (Å²) < 4.78 is 21.9. The van der Waals surface area contributed by atoms with Gasteiger partial charge in [-0.25, -0.2) is 4.21 Å². The number of amidine groups is 1. The van der Waals surface area contributed by atoms with E-state index < -0.39 is 16.6 Å². The van der Waals surface area contributed by atoms with Gasteiger partial charge in [0.2, 0.25) is 0 Å². The summed E-state index contributed by atoms with van der Waals surface area (Å²) in [7, 11) is 0.759. The molecule has 1 fully saturated rings. The van der Waals surface area contributed by atoms with E-state index in [-0.39, 0.29) is 11.3 Å². The van der Waals surface area contributed by atoms with Crippen molar-refractivity contribution in [1.29, 1.82) is 0 Å². The molecular formula is C17H25N3O2S. The number of hydrogen-bond acceptors (Lipinski definition) is 4. The molecule has 2 heterocycles. The minimum absolute atomic E-state index is 0.00697. The van der Waals surface area contributed by atoms with E-state index in [0.29, 0.717) is 5.92 Å². The van der Waals surface area contributed by atoms with Crippen LogP contribution in [0.2, 0.25) is 0 Å². The monoisotopic (exact) mass is 335 g/mol. The Bertz CT molecular complexity index is 619. The summed E-state index contributed by atoms with van der Waals surface area (Å²) in [5, 5.41) is -0.304. The van der Waals surface area contributed by atoms with Crippen molar-refractivity contribution in [2.45, 2.75) is 43.5 Å². The Morgan fingerprint density at radius 3 is 2.35 bits per heavy atom. The Morgan fingerprint density at radius 1 is 1.22 bits per heavy atom. The minimum atomic E-state index is -1.41. The summed E-state index contributed by atoms with van der Waals surface area (Å²) in [5.74, 6) is 0.620. The predicted molar refractivity (Wildman–Crippen MR) is 93.6 cm³/mol. The van der Waals surface area contributed by atoms with Crippen molar-refractivity contribution in [3.8, 4) is 0 Å². The molecule has 0 aromatic heterocycles. The van der Waals surface area contributed by atoms with Crippen molar-refractivity contribution < 1.29 is 8.95 Å². The van der Waals surface area contributed by atoms with E-state index in [1.807, 2.05) is 13.8 Å². The minimum Gasteiger partial charge on any atom is -0.457 e. The molecule has 0 radical (unpaired) electrons. The van der Waals surface area contributed by atoms with Crippen LogP contribution in [0.1, 0.15) is 49.0 Å². The van der Waals surface area contributed by atoms with Gasteiger partial charge < -0.3 is 15.4 Å². The molecule has 3 rings (SSSR count). The van der Waals surface area contributed by atoms with E-state index in [1.165, 1.54) is 18.4 Å². The zero-order valence-corrected chi connectivity index (χ0v) is 14.8. The maximum Gasteiger partial charge on any atom is 0.296 e. The highest BCUT2D eigenvalue weighted by Crippen LogP contribution is 2.38.